The minimum Gasteiger partial charge on any atom is -0.481 e. The highest BCUT2D eigenvalue weighted by atomic mass is 16.5. The molecule has 0 aliphatic rings. The summed E-state index contributed by atoms with van der Waals surface area (Å²) >= 11 is 0. The van der Waals surface area contributed by atoms with E-state index in [0.29, 0.717) is 17.4 Å². The van der Waals surface area contributed by atoms with Gasteiger partial charge in [0, 0.05) is 6.42 Å². The number of likely N-dealkylation sites (N-methyl/N-ethyl adjacent to an activating group) is 1. The average Bonchev–Trinajstić information content (AvgIpc) is 2.42. The van der Waals surface area contributed by atoms with Crippen LogP contribution in [0.15, 0.2) is 12.2 Å². The molecule has 5 heteroatoms. The van der Waals surface area contributed by atoms with Crippen molar-refractivity contribution in [1.29, 1.82) is 0 Å². The van der Waals surface area contributed by atoms with E-state index in [-0.39, 0.29) is 12.4 Å². The number of hydrogen-bond donors (Lipinski definition) is 1. The Labute approximate surface area is 147 Å². The predicted molar refractivity (Wildman–Crippen MR) is 96.8 cm³/mol. The molecule has 0 spiro atoms. The minimum atomic E-state index is -0.932. The van der Waals surface area contributed by atoms with Crippen molar-refractivity contribution in [3.63, 3.8) is 0 Å². The predicted octanol–water partition coefficient (Wildman–Crippen LogP) is 3.78. The second-order valence-electron chi connectivity index (χ2n) is 7.37. The molecule has 0 amide bonds. The second kappa shape index (κ2) is 13.0. The van der Waals surface area contributed by atoms with Crippen molar-refractivity contribution in [2.75, 3.05) is 27.7 Å². The number of unbranched alkanes of at least 4 members (excludes halogenated alkanes) is 5. The number of carbonyl (C=O) groups excluding carboxylic acids is 1. The summed E-state index contributed by atoms with van der Waals surface area (Å²) in [5.41, 5.74) is 0. The molecule has 0 bridgehead atoms. The van der Waals surface area contributed by atoms with Gasteiger partial charge in [0.2, 0.25) is 0 Å². The Hall–Kier alpha value is -1.36. The van der Waals surface area contributed by atoms with Crippen LogP contribution in [0.4, 0.5) is 0 Å². The van der Waals surface area contributed by atoms with Crippen LogP contribution in [0.5, 0.6) is 0 Å². The Balaban J connectivity index is 3.88. The molecule has 0 rings (SSSR count). The number of hydrogen-bond acceptors (Lipinski definition) is 3. The van der Waals surface area contributed by atoms with Crippen molar-refractivity contribution in [3.8, 4) is 0 Å². The Bertz CT molecular complexity index is 385. The summed E-state index contributed by atoms with van der Waals surface area (Å²) in [7, 11) is 5.87. The molecule has 1 N–H and O–H groups in total. The van der Waals surface area contributed by atoms with Gasteiger partial charge >= 0.3 is 11.9 Å². The molecule has 0 aliphatic heterocycles. The zero-order valence-corrected chi connectivity index (χ0v) is 15.9. The largest absolute Gasteiger partial charge is 0.481 e. The van der Waals surface area contributed by atoms with Crippen LogP contribution in [-0.2, 0) is 14.3 Å². The lowest BCUT2D eigenvalue weighted by atomic mass is 10.1. The number of rotatable bonds is 14. The molecule has 24 heavy (non-hydrogen) atoms. The van der Waals surface area contributed by atoms with Crippen LogP contribution in [0.2, 0.25) is 0 Å². The van der Waals surface area contributed by atoms with E-state index < -0.39 is 12.1 Å². The number of quaternary nitrogens is 1. The van der Waals surface area contributed by atoms with Crippen molar-refractivity contribution in [2.24, 2.45) is 0 Å². The van der Waals surface area contributed by atoms with E-state index in [0.717, 1.165) is 32.1 Å². The highest BCUT2D eigenvalue weighted by Gasteiger charge is 2.24. The summed E-state index contributed by atoms with van der Waals surface area (Å²) in [5.74, 6) is -1.21. The molecule has 5 nitrogen and oxygen atoms in total. The number of nitrogens with zero attached hydrogens (tertiary/aromatic N) is 1. The van der Waals surface area contributed by atoms with Crippen LogP contribution in [0.1, 0.15) is 64.7 Å². The first-order valence-electron chi connectivity index (χ1n) is 9.11. The maximum absolute atomic E-state index is 11.9. The second-order valence-corrected chi connectivity index (χ2v) is 7.37. The zero-order chi connectivity index (χ0) is 18.4. The fourth-order valence-corrected chi connectivity index (χ4v) is 2.54. The molecule has 0 aliphatic carbocycles. The molecule has 1 unspecified atom stereocenters. The van der Waals surface area contributed by atoms with Gasteiger partial charge < -0.3 is 14.3 Å². The highest BCUT2D eigenvalue weighted by molar-refractivity contribution is 5.71. The van der Waals surface area contributed by atoms with Gasteiger partial charge in [-0.1, -0.05) is 38.3 Å². The number of ether oxygens (including phenoxy) is 1. The molecule has 140 valence electrons. The minimum absolute atomic E-state index is 0.132. The molecule has 0 radical (unpaired) electrons. The lowest BCUT2D eigenvalue weighted by Crippen LogP contribution is -2.43. The van der Waals surface area contributed by atoms with Crippen LogP contribution in [0.3, 0.4) is 0 Å². The number of allylic oxidation sites excluding steroid dienone is 2. The third-order valence-electron chi connectivity index (χ3n) is 3.61. The summed E-state index contributed by atoms with van der Waals surface area (Å²) < 4.78 is 5.93. The first-order valence-corrected chi connectivity index (χ1v) is 9.11. The third kappa shape index (κ3) is 15.5. The van der Waals surface area contributed by atoms with Gasteiger partial charge in [0.05, 0.1) is 27.6 Å². The van der Waals surface area contributed by atoms with Gasteiger partial charge in [-0.2, -0.15) is 0 Å². The Morgan fingerprint density at radius 2 is 1.67 bits per heavy atom. The third-order valence-corrected chi connectivity index (χ3v) is 3.61. The monoisotopic (exact) mass is 342 g/mol. The van der Waals surface area contributed by atoms with Crippen LogP contribution in [0.25, 0.3) is 0 Å². The van der Waals surface area contributed by atoms with Crippen molar-refractivity contribution in [3.05, 3.63) is 12.2 Å². The summed E-state index contributed by atoms with van der Waals surface area (Å²) in [6, 6.07) is 0. The van der Waals surface area contributed by atoms with E-state index in [2.05, 4.69) is 19.1 Å². The van der Waals surface area contributed by atoms with Crippen molar-refractivity contribution in [1.82, 2.24) is 0 Å². The van der Waals surface area contributed by atoms with Gasteiger partial charge in [0.25, 0.3) is 0 Å². The van der Waals surface area contributed by atoms with Crippen LogP contribution >= 0.6 is 0 Å². The van der Waals surface area contributed by atoms with Gasteiger partial charge in [-0.15, -0.1) is 0 Å². The molecule has 0 fully saturated rings. The van der Waals surface area contributed by atoms with Crippen LogP contribution in [-0.4, -0.2) is 55.3 Å². The average molecular weight is 343 g/mol. The van der Waals surface area contributed by atoms with Crippen molar-refractivity contribution in [2.45, 2.75) is 70.8 Å². The first kappa shape index (κ1) is 22.6. The SMILES string of the molecule is CC/C=C\CCCCCCCC(=O)OC(CC(=O)O)C[N+](C)(C)C. The fraction of sp³-hybridized carbons (Fsp3) is 0.789. The first-order chi connectivity index (χ1) is 11.2. The van der Waals surface area contributed by atoms with Gasteiger partial charge in [-0.25, -0.2) is 0 Å². The van der Waals surface area contributed by atoms with Gasteiger partial charge in [0.15, 0.2) is 6.10 Å². The smallest absolute Gasteiger partial charge is 0.307 e. The number of aliphatic carboxylic acids is 1. The fourth-order valence-electron chi connectivity index (χ4n) is 2.54. The van der Waals surface area contributed by atoms with Crippen LogP contribution in [0, 0.1) is 0 Å². The number of carbonyl (C=O) groups is 2. The maximum Gasteiger partial charge on any atom is 0.307 e. The zero-order valence-electron chi connectivity index (χ0n) is 15.9. The van der Waals surface area contributed by atoms with Gasteiger partial charge in [-0.3, -0.25) is 9.59 Å². The number of esters is 1. The van der Waals surface area contributed by atoms with Crippen molar-refractivity contribution < 1.29 is 23.9 Å². The molecule has 0 aromatic rings. The maximum atomic E-state index is 11.9. The lowest BCUT2D eigenvalue weighted by molar-refractivity contribution is -0.873. The van der Waals surface area contributed by atoms with E-state index in [1.165, 1.54) is 12.8 Å². The van der Waals surface area contributed by atoms with Crippen molar-refractivity contribution >= 4 is 11.9 Å². The van der Waals surface area contributed by atoms with E-state index >= 15 is 0 Å². The van der Waals surface area contributed by atoms with Gasteiger partial charge in [-0.05, 0) is 25.7 Å². The summed E-state index contributed by atoms with van der Waals surface area (Å²) in [4.78, 5) is 22.8. The molecular formula is C19H36NO4+. The Morgan fingerprint density at radius 1 is 1.04 bits per heavy atom. The molecule has 0 aromatic heterocycles. The lowest BCUT2D eigenvalue weighted by Gasteiger charge is -2.28. The molecule has 1 atom stereocenters. The normalized spacial score (nSPS) is 13.2. The Morgan fingerprint density at radius 3 is 2.25 bits per heavy atom. The topological polar surface area (TPSA) is 63.6 Å². The Kier molecular flexibility index (Phi) is 12.3. The summed E-state index contributed by atoms with van der Waals surface area (Å²) in [5, 5.41) is 8.94. The number of carboxylic acids is 1. The highest BCUT2D eigenvalue weighted by Crippen LogP contribution is 2.11. The summed E-state index contributed by atoms with van der Waals surface area (Å²) in [6.45, 7) is 2.64. The van der Waals surface area contributed by atoms with E-state index in [9.17, 15) is 9.59 Å². The van der Waals surface area contributed by atoms with Crippen LogP contribution < -0.4 is 0 Å². The molecule has 0 saturated heterocycles. The quantitative estimate of drug-likeness (QED) is 0.226. The molecule has 0 saturated carbocycles. The molecule has 0 aromatic carbocycles. The summed E-state index contributed by atoms with van der Waals surface area (Å²) in [6.07, 6.45) is 11.7. The molecular weight excluding hydrogens is 306 g/mol. The van der Waals surface area contributed by atoms with Gasteiger partial charge in [0.1, 0.15) is 6.54 Å². The van der Waals surface area contributed by atoms with E-state index in [1.54, 1.807) is 0 Å². The van der Waals surface area contributed by atoms with E-state index in [1.807, 2.05) is 21.1 Å². The standard InChI is InChI=1S/C19H35NO4/c1-5-6-7-8-9-10-11-12-13-14-19(23)24-17(15-18(21)22)16-20(2,3)4/h6-7,17H,5,8-16H2,1-4H3/p+1/b7-6-. The number of carboxylic acid groups (broad SMARTS) is 1. The van der Waals surface area contributed by atoms with E-state index in [4.69, 9.17) is 9.84 Å². The molecule has 0 heterocycles.